The minimum Gasteiger partial charge on any atom is -0.492 e. The molecular weight excluding hydrogens is 731 g/mol. The molecule has 1 aliphatic rings. The molecule has 3 aromatic carbocycles. The van der Waals surface area contributed by atoms with Crippen molar-refractivity contribution in [3.63, 3.8) is 0 Å². The minimum absolute atomic E-state index is 0. The Morgan fingerprint density at radius 2 is 1.54 bits per heavy atom. The van der Waals surface area contributed by atoms with Gasteiger partial charge in [0.05, 0.1) is 11.7 Å². The summed E-state index contributed by atoms with van der Waals surface area (Å²) in [5.74, 6) is 0.831. The molecule has 2 unspecified atom stereocenters. The number of aliphatic hydroxyl groups excluding tert-OH is 1. The summed E-state index contributed by atoms with van der Waals surface area (Å²) in [5, 5.41) is 13.6. The van der Waals surface area contributed by atoms with Crippen molar-refractivity contribution in [1.82, 2.24) is 10.2 Å². The molecular formula is C30H39Br3F3N3O2. The zero-order valence-corrected chi connectivity index (χ0v) is 28.1. The third-order valence-electron chi connectivity index (χ3n) is 6.89. The maximum atomic E-state index is 12.9. The Kier molecular flexibility index (Phi) is 16.5. The lowest BCUT2D eigenvalue weighted by Gasteiger charge is -2.36. The number of hydrogen-bond acceptors (Lipinski definition) is 5. The standard InChI is InChI=1S/C30H36F3N3O2.3BrH/c1-23(34-22-29(37)25-6-5-7-26(21-25)30(31,32)33)20-24-10-12-28(13-11-24)38-19-18-35-14-16-36(17-15-35)27-8-3-2-4-9-27;;;/h2-13,21,23,29,34,37H,14-20,22H2,1H3;3*1H. The predicted octanol–water partition coefficient (Wildman–Crippen LogP) is 6.89. The minimum atomic E-state index is -4.43. The second kappa shape index (κ2) is 18.1. The van der Waals surface area contributed by atoms with Gasteiger partial charge in [-0.25, -0.2) is 0 Å². The fourth-order valence-electron chi connectivity index (χ4n) is 4.66. The molecule has 1 heterocycles. The molecule has 11 heteroatoms. The lowest BCUT2D eigenvalue weighted by molar-refractivity contribution is -0.137. The first-order valence-corrected chi connectivity index (χ1v) is 13.1. The summed E-state index contributed by atoms with van der Waals surface area (Å²) in [5.41, 5.74) is 1.89. The maximum absolute atomic E-state index is 12.9. The van der Waals surface area contributed by atoms with Crippen LogP contribution in [0.5, 0.6) is 5.75 Å². The molecule has 0 amide bonds. The van der Waals surface area contributed by atoms with Gasteiger partial charge in [-0.2, -0.15) is 13.2 Å². The van der Waals surface area contributed by atoms with E-state index >= 15 is 0 Å². The number of aliphatic hydroxyl groups is 1. The number of halogens is 6. The highest BCUT2D eigenvalue weighted by molar-refractivity contribution is 8.93. The molecule has 2 N–H and O–H groups in total. The number of hydrogen-bond donors (Lipinski definition) is 2. The molecule has 41 heavy (non-hydrogen) atoms. The van der Waals surface area contributed by atoms with Crippen molar-refractivity contribution < 1.29 is 23.0 Å². The van der Waals surface area contributed by atoms with Crippen LogP contribution in [0.2, 0.25) is 0 Å². The van der Waals surface area contributed by atoms with Crippen LogP contribution in [-0.2, 0) is 12.6 Å². The zero-order valence-electron chi connectivity index (χ0n) is 22.9. The van der Waals surface area contributed by atoms with Crippen molar-refractivity contribution in [2.45, 2.75) is 31.7 Å². The fraction of sp³-hybridized carbons (Fsp3) is 0.400. The lowest BCUT2D eigenvalue weighted by Crippen LogP contribution is -2.47. The molecule has 0 aliphatic carbocycles. The molecule has 0 saturated carbocycles. The number of ether oxygens (including phenoxy) is 1. The summed E-state index contributed by atoms with van der Waals surface area (Å²) in [6.45, 7) is 7.75. The second-order valence-electron chi connectivity index (χ2n) is 9.81. The monoisotopic (exact) mass is 767 g/mol. The van der Waals surface area contributed by atoms with E-state index in [2.05, 4.69) is 39.4 Å². The molecule has 0 spiro atoms. The van der Waals surface area contributed by atoms with Gasteiger partial charge in [0.15, 0.2) is 0 Å². The summed E-state index contributed by atoms with van der Waals surface area (Å²) >= 11 is 0. The van der Waals surface area contributed by atoms with Crippen LogP contribution in [0.3, 0.4) is 0 Å². The topological polar surface area (TPSA) is 48.0 Å². The summed E-state index contributed by atoms with van der Waals surface area (Å²) in [4.78, 5) is 4.84. The number of rotatable bonds is 11. The van der Waals surface area contributed by atoms with Gasteiger partial charge in [0.2, 0.25) is 0 Å². The summed E-state index contributed by atoms with van der Waals surface area (Å²) in [6, 6.07) is 23.4. The van der Waals surface area contributed by atoms with Gasteiger partial charge >= 0.3 is 6.18 Å². The molecule has 5 nitrogen and oxygen atoms in total. The van der Waals surface area contributed by atoms with Crippen molar-refractivity contribution in [1.29, 1.82) is 0 Å². The number of alkyl halides is 3. The first kappa shape index (κ1) is 37.4. The summed E-state index contributed by atoms with van der Waals surface area (Å²) in [6.07, 6.45) is -4.72. The van der Waals surface area contributed by atoms with Crippen molar-refractivity contribution in [2.24, 2.45) is 0 Å². The Hall–Kier alpha value is -1.63. The van der Waals surface area contributed by atoms with Crippen molar-refractivity contribution in [3.8, 4) is 5.75 Å². The fourth-order valence-corrected chi connectivity index (χ4v) is 4.66. The van der Waals surface area contributed by atoms with Gasteiger partial charge in [0.1, 0.15) is 12.4 Å². The number of piperazine rings is 1. The molecule has 0 aromatic heterocycles. The van der Waals surface area contributed by atoms with E-state index in [4.69, 9.17) is 4.74 Å². The van der Waals surface area contributed by atoms with E-state index in [9.17, 15) is 18.3 Å². The van der Waals surface area contributed by atoms with Crippen LogP contribution in [-0.4, -0.2) is 61.9 Å². The van der Waals surface area contributed by atoms with Gasteiger partial charge in [0, 0.05) is 51.0 Å². The highest BCUT2D eigenvalue weighted by atomic mass is 79.9. The molecule has 1 aliphatic heterocycles. The first-order chi connectivity index (χ1) is 18.3. The van der Waals surface area contributed by atoms with E-state index in [1.54, 1.807) is 0 Å². The molecule has 2 atom stereocenters. The smallest absolute Gasteiger partial charge is 0.416 e. The average Bonchev–Trinajstić information content (AvgIpc) is 2.93. The molecule has 3 aromatic rings. The number of benzene rings is 3. The van der Waals surface area contributed by atoms with Crippen molar-refractivity contribution in [3.05, 3.63) is 95.6 Å². The van der Waals surface area contributed by atoms with Crippen LogP contribution in [0.4, 0.5) is 18.9 Å². The SMILES string of the molecule is Br.Br.Br.CC(Cc1ccc(OCCN2CCN(c3ccccc3)CC2)cc1)NCC(O)c1cccc(C(F)(F)F)c1. The van der Waals surface area contributed by atoms with Crippen LogP contribution in [0.25, 0.3) is 0 Å². The van der Waals surface area contributed by atoms with Crippen LogP contribution >= 0.6 is 50.9 Å². The van der Waals surface area contributed by atoms with Crippen LogP contribution in [0.15, 0.2) is 78.9 Å². The van der Waals surface area contributed by atoms with Gasteiger partial charge in [-0.3, -0.25) is 4.90 Å². The maximum Gasteiger partial charge on any atom is 0.416 e. The highest BCUT2D eigenvalue weighted by Crippen LogP contribution is 2.30. The van der Waals surface area contributed by atoms with E-state index in [0.29, 0.717) is 6.61 Å². The molecule has 1 fully saturated rings. The zero-order chi connectivity index (χ0) is 27.0. The van der Waals surface area contributed by atoms with Gasteiger partial charge in [-0.15, -0.1) is 50.9 Å². The third-order valence-corrected chi connectivity index (χ3v) is 6.89. The third kappa shape index (κ3) is 11.9. The quantitative estimate of drug-likeness (QED) is 0.223. The Bertz CT molecular complexity index is 1130. The Morgan fingerprint density at radius 3 is 2.17 bits per heavy atom. The summed E-state index contributed by atoms with van der Waals surface area (Å²) in [7, 11) is 0. The number of nitrogens with zero attached hydrogens (tertiary/aromatic N) is 2. The molecule has 4 rings (SSSR count). The van der Waals surface area contributed by atoms with Gasteiger partial charge in [-0.05, 0) is 60.9 Å². The number of para-hydroxylation sites is 1. The largest absolute Gasteiger partial charge is 0.492 e. The van der Waals surface area contributed by atoms with E-state index in [1.807, 2.05) is 37.3 Å². The Balaban J connectivity index is 0.00000280. The van der Waals surface area contributed by atoms with Gasteiger partial charge < -0.3 is 20.1 Å². The van der Waals surface area contributed by atoms with E-state index in [-0.39, 0.29) is 69.1 Å². The molecule has 0 bridgehead atoms. The van der Waals surface area contributed by atoms with E-state index in [1.165, 1.54) is 17.8 Å². The van der Waals surface area contributed by atoms with Crippen LogP contribution in [0, 0.1) is 0 Å². The Morgan fingerprint density at radius 1 is 0.878 bits per heavy atom. The van der Waals surface area contributed by atoms with Crippen molar-refractivity contribution in [2.75, 3.05) is 50.8 Å². The van der Waals surface area contributed by atoms with E-state index in [0.717, 1.165) is 62.6 Å². The molecule has 1 saturated heterocycles. The second-order valence-corrected chi connectivity index (χ2v) is 9.81. The van der Waals surface area contributed by atoms with Gasteiger partial charge in [0.25, 0.3) is 0 Å². The average molecular weight is 770 g/mol. The van der Waals surface area contributed by atoms with Crippen LogP contribution < -0.4 is 15.0 Å². The number of anilines is 1. The molecule has 228 valence electrons. The first-order valence-electron chi connectivity index (χ1n) is 13.1. The van der Waals surface area contributed by atoms with E-state index < -0.39 is 17.8 Å². The summed E-state index contributed by atoms with van der Waals surface area (Å²) < 4.78 is 44.7. The Labute approximate surface area is 272 Å². The lowest BCUT2D eigenvalue weighted by atomic mass is 10.0. The van der Waals surface area contributed by atoms with Crippen LogP contribution in [0.1, 0.15) is 29.7 Å². The van der Waals surface area contributed by atoms with Gasteiger partial charge in [-0.1, -0.05) is 42.5 Å². The highest BCUT2D eigenvalue weighted by Gasteiger charge is 2.30. The number of nitrogens with one attached hydrogen (secondary N) is 1. The molecule has 0 radical (unpaired) electrons. The normalized spacial score (nSPS) is 15.1. The van der Waals surface area contributed by atoms with Crippen molar-refractivity contribution >= 4 is 56.6 Å². The predicted molar refractivity (Wildman–Crippen MR) is 176 cm³/mol.